The van der Waals surface area contributed by atoms with E-state index in [1.165, 1.54) is 205 Å². The van der Waals surface area contributed by atoms with Crippen LogP contribution in [0.5, 0.6) is 0 Å². The second-order valence-corrected chi connectivity index (χ2v) is 22.0. The van der Waals surface area contributed by atoms with E-state index in [1.54, 1.807) is 0 Å². The Morgan fingerprint density at radius 1 is 0.557 bits per heavy atom. The number of unbranched alkanes of at least 4 members (excludes halogenated alkanes) is 38. The third kappa shape index (κ3) is 39.3. The number of carbonyl (C=O) groups excluding carboxylic acids is 1. The van der Waals surface area contributed by atoms with Crippen LogP contribution in [-0.4, -0.2) is 95.4 Å². The minimum atomic E-state index is -5.08. The van der Waals surface area contributed by atoms with Crippen molar-refractivity contribution < 1.29 is 51.8 Å². The smallest absolute Gasteiger partial charge is 0.394 e. The number of ether oxygens (including phenoxy) is 2. The van der Waals surface area contributed by atoms with Crippen molar-refractivity contribution >= 4 is 16.3 Å². The van der Waals surface area contributed by atoms with Gasteiger partial charge in [-0.2, -0.15) is 8.42 Å². The molecule has 13 heteroatoms. The maximum absolute atomic E-state index is 13.1. The van der Waals surface area contributed by atoms with Crippen LogP contribution in [0.15, 0.2) is 12.2 Å². The molecule has 0 bridgehead atoms. The summed E-state index contributed by atoms with van der Waals surface area (Å²) >= 11 is 0. The molecule has 0 aromatic heterocycles. The quantitative estimate of drug-likeness (QED) is 0.0193. The number of hydrogen-bond acceptors (Lipinski definition) is 10. The van der Waals surface area contributed by atoms with Crippen LogP contribution in [0.2, 0.25) is 0 Å². The third-order valence-corrected chi connectivity index (χ3v) is 14.8. The molecule has 1 rings (SSSR count). The van der Waals surface area contributed by atoms with Crippen LogP contribution in [0.4, 0.5) is 0 Å². The minimum Gasteiger partial charge on any atom is -0.394 e. The van der Waals surface area contributed by atoms with E-state index in [0.717, 1.165) is 51.4 Å². The van der Waals surface area contributed by atoms with Crippen LogP contribution in [0.3, 0.4) is 0 Å². The fraction of sp³-hybridized carbons (Fsp3) is 0.947. The average molecular weight is 1020 g/mol. The lowest BCUT2D eigenvalue weighted by Crippen LogP contribution is -2.61. The van der Waals surface area contributed by atoms with Crippen molar-refractivity contribution in [2.45, 2.75) is 333 Å². The number of amides is 1. The molecule has 416 valence electrons. The zero-order valence-corrected chi connectivity index (χ0v) is 45.9. The van der Waals surface area contributed by atoms with E-state index in [2.05, 4.69) is 35.5 Å². The lowest BCUT2D eigenvalue weighted by atomic mass is 9.99. The van der Waals surface area contributed by atoms with Gasteiger partial charge < -0.3 is 35.2 Å². The summed E-state index contributed by atoms with van der Waals surface area (Å²) < 4.78 is 47.9. The number of carbonyl (C=O) groups is 1. The van der Waals surface area contributed by atoms with Gasteiger partial charge >= 0.3 is 10.4 Å². The second-order valence-electron chi connectivity index (χ2n) is 20.9. The summed E-state index contributed by atoms with van der Waals surface area (Å²) in [7, 11) is -5.08. The molecule has 1 saturated heterocycles. The van der Waals surface area contributed by atoms with Crippen LogP contribution in [0.1, 0.15) is 290 Å². The van der Waals surface area contributed by atoms with Gasteiger partial charge in [-0.15, -0.1) is 0 Å². The first kappa shape index (κ1) is 66.9. The van der Waals surface area contributed by atoms with E-state index in [9.17, 15) is 38.2 Å². The normalized spacial score (nSPS) is 19.6. The Kier molecular flexibility index (Phi) is 45.4. The molecule has 12 nitrogen and oxygen atoms in total. The van der Waals surface area contributed by atoms with Crippen LogP contribution in [0.25, 0.3) is 0 Å². The largest absolute Gasteiger partial charge is 0.397 e. The molecule has 0 aromatic rings. The van der Waals surface area contributed by atoms with Crippen molar-refractivity contribution in [3.8, 4) is 0 Å². The van der Waals surface area contributed by atoms with Crippen molar-refractivity contribution in [2.75, 3.05) is 13.2 Å². The molecule has 6 N–H and O–H groups in total. The Morgan fingerprint density at radius 3 is 1.29 bits per heavy atom. The number of aliphatic hydroxyl groups is 4. The molecular weight excluding hydrogens is 907 g/mol. The summed E-state index contributed by atoms with van der Waals surface area (Å²) in [6, 6.07) is -0.859. The summed E-state index contributed by atoms with van der Waals surface area (Å²) in [5.74, 6) is -0.229. The van der Waals surface area contributed by atoms with E-state index in [1.807, 2.05) is 0 Å². The van der Waals surface area contributed by atoms with Gasteiger partial charge in [0.25, 0.3) is 0 Å². The predicted octanol–water partition coefficient (Wildman–Crippen LogP) is 13.8. The first-order chi connectivity index (χ1) is 34.0. The molecule has 7 atom stereocenters. The molecule has 1 heterocycles. The molecule has 7 unspecified atom stereocenters. The fourth-order valence-corrected chi connectivity index (χ4v) is 10.3. The van der Waals surface area contributed by atoms with Crippen LogP contribution in [-0.2, 0) is 28.9 Å². The van der Waals surface area contributed by atoms with Crippen molar-refractivity contribution in [1.29, 1.82) is 0 Å². The van der Waals surface area contributed by atoms with E-state index in [-0.39, 0.29) is 18.9 Å². The first-order valence-corrected chi connectivity index (χ1v) is 30.9. The topological polar surface area (TPSA) is 192 Å². The molecule has 0 radical (unpaired) electrons. The van der Waals surface area contributed by atoms with Gasteiger partial charge in [-0.25, -0.2) is 4.18 Å². The van der Waals surface area contributed by atoms with Gasteiger partial charge in [0.15, 0.2) is 6.29 Å². The number of allylic oxidation sites excluding steroid dienone is 2. The highest BCUT2D eigenvalue weighted by molar-refractivity contribution is 7.80. The van der Waals surface area contributed by atoms with E-state index < -0.39 is 59.9 Å². The number of hydrogen-bond donors (Lipinski definition) is 6. The zero-order valence-electron chi connectivity index (χ0n) is 45.1. The van der Waals surface area contributed by atoms with Gasteiger partial charge in [-0.05, 0) is 38.5 Å². The summed E-state index contributed by atoms with van der Waals surface area (Å²) in [4.78, 5) is 13.1. The highest BCUT2D eigenvalue weighted by Crippen LogP contribution is 2.26. The highest BCUT2D eigenvalue weighted by atomic mass is 32.3. The maximum atomic E-state index is 13.1. The number of aliphatic hydroxyl groups excluding tert-OH is 4. The molecular formula is C57H111NO11S. The zero-order chi connectivity index (χ0) is 51.2. The fourth-order valence-electron chi connectivity index (χ4n) is 9.75. The Balaban J connectivity index is 2.35. The summed E-state index contributed by atoms with van der Waals surface area (Å²) in [6.07, 6.45) is 47.9. The molecule has 1 aliphatic heterocycles. The number of nitrogens with one attached hydrogen (secondary N) is 1. The molecule has 0 aliphatic carbocycles. The van der Waals surface area contributed by atoms with Crippen LogP contribution < -0.4 is 5.32 Å². The van der Waals surface area contributed by atoms with Crippen molar-refractivity contribution in [3.05, 3.63) is 12.2 Å². The van der Waals surface area contributed by atoms with Gasteiger partial charge in [0.2, 0.25) is 5.91 Å². The molecule has 0 saturated carbocycles. The lowest BCUT2D eigenvalue weighted by Gasteiger charge is -2.41. The van der Waals surface area contributed by atoms with Crippen LogP contribution >= 0.6 is 0 Å². The molecule has 70 heavy (non-hydrogen) atoms. The summed E-state index contributed by atoms with van der Waals surface area (Å²) in [5.41, 5.74) is 0. The summed E-state index contributed by atoms with van der Waals surface area (Å²) in [6.45, 7) is 3.50. The van der Waals surface area contributed by atoms with E-state index >= 15 is 0 Å². The molecule has 1 fully saturated rings. The van der Waals surface area contributed by atoms with E-state index in [0.29, 0.717) is 12.8 Å². The Bertz CT molecular complexity index is 1290. The van der Waals surface area contributed by atoms with Gasteiger partial charge in [0, 0.05) is 6.42 Å². The molecule has 1 aliphatic rings. The second kappa shape index (κ2) is 47.5. The molecule has 0 aromatic carbocycles. The average Bonchev–Trinajstić information content (AvgIpc) is 3.33. The standard InChI is InChI=1S/C57H111NO11S/c1-3-5-7-9-11-13-15-17-19-21-23-25-26-27-28-30-32-34-36-38-40-42-44-46-51(60)50(49-67-57-55(63)56(69-70(64,65)66)54(62)52(48-59)68-57)58-53(61)47-45-43-41-39-37-35-33-31-29-24-22-20-18-16-14-12-10-8-6-4-2/h24,29,50-52,54-57,59-60,62-63H,3-23,25-28,30-49H2,1-2H3,(H,58,61)(H,64,65,66)/b29-24-. The van der Waals surface area contributed by atoms with Crippen molar-refractivity contribution in [1.82, 2.24) is 5.32 Å². The van der Waals surface area contributed by atoms with Gasteiger partial charge in [-0.1, -0.05) is 257 Å². The third-order valence-electron chi connectivity index (χ3n) is 14.3. The first-order valence-electron chi connectivity index (χ1n) is 29.6. The van der Waals surface area contributed by atoms with Crippen molar-refractivity contribution in [3.63, 3.8) is 0 Å². The number of rotatable bonds is 52. The molecule has 1 amide bonds. The Labute approximate surface area is 430 Å². The van der Waals surface area contributed by atoms with Gasteiger partial charge in [0.05, 0.1) is 25.4 Å². The van der Waals surface area contributed by atoms with Crippen LogP contribution in [0, 0.1) is 0 Å². The lowest BCUT2D eigenvalue weighted by molar-refractivity contribution is -0.298. The highest BCUT2D eigenvalue weighted by Gasteiger charge is 2.48. The Morgan fingerprint density at radius 2 is 0.914 bits per heavy atom. The predicted molar refractivity (Wildman–Crippen MR) is 287 cm³/mol. The summed E-state index contributed by atoms with van der Waals surface area (Å²) in [5, 5.41) is 45.2. The van der Waals surface area contributed by atoms with Gasteiger partial charge in [0.1, 0.15) is 24.4 Å². The SMILES string of the molecule is CCCCCCCCCCC/C=C\CCCCCCCCCC(=O)NC(COC1OC(CO)C(O)C(OS(=O)(=O)O)C1O)C(O)CCCCCCCCCCCCCCCCCCCCCCCCC. The maximum Gasteiger partial charge on any atom is 0.397 e. The van der Waals surface area contributed by atoms with Gasteiger partial charge in [-0.3, -0.25) is 9.35 Å². The van der Waals surface area contributed by atoms with E-state index in [4.69, 9.17) is 9.47 Å². The Hall–Kier alpha value is -1.16. The minimum absolute atomic E-state index is 0.229. The van der Waals surface area contributed by atoms with Crippen molar-refractivity contribution in [2.24, 2.45) is 0 Å². The monoisotopic (exact) mass is 1020 g/mol. The molecule has 0 spiro atoms.